The number of carbonyl (C=O) groups is 1. The highest BCUT2D eigenvalue weighted by Gasteiger charge is 2.48. The number of carboxylic acid groups (broad SMARTS) is 1. The van der Waals surface area contributed by atoms with Gasteiger partial charge >= 0.3 is 18.3 Å². The molecule has 0 aliphatic rings. The molecule has 0 unspecified atom stereocenters. The van der Waals surface area contributed by atoms with Crippen LogP contribution >= 0.6 is 0 Å². The van der Waals surface area contributed by atoms with Gasteiger partial charge in [0.25, 0.3) is 5.89 Å². The molecule has 0 radical (unpaired) electrons. The maximum atomic E-state index is 13.0. The van der Waals surface area contributed by atoms with Gasteiger partial charge in [-0.1, -0.05) is 6.07 Å². The molecule has 1 aromatic carbocycles. The molecule has 0 atom stereocenters. The molecule has 0 aliphatic carbocycles. The molecule has 0 saturated carbocycles. The highest BCUT2D eigenvalue weighted by atomic mass is 19.3. The van der Waals surface area contributed by atoms with Crippen LogP contribution in [0.5, 0.6) is 0 Å². The number of rotatable bonds is 3. The number of aromatic nitrogens is 1. The Hall–Kier alpha value is -2.12. The molecule has 0 fully saturated rings. The van der Waals surface area contributed by atoms with E-state index in [1.54, 1.807) is 0 Å². The van der Waals surface area contributed by atoms with Crippen LogP contribution in [0.3, 0.4) is 0 Å². The predicted octanol–water partition coefficient (Wildman–Crippen LogP) is 2.88. The minimum absolute atomic E-state index is 0.287. The Balaban J connectivity index is 2.65. The molecule has 0 saturated heterocycles. The molecule has 0 spiro atoms. The molecule has 96 valence electrons. The van der Waals surface area contributed by atoms with Gasteiger partial charge in [0, 0.05) is 0 Å². The van der Waals surface area contributed by atoms with Crippen molar-refractivity contribution < 1.29 is 31.9 Å². The zero-order chi connectivity index (χ0) is 13.5. The van der Waals surface area contributed by atoms with E-state index in [0.717, 1.165) is 6.07 Å². The van der Waals surface area contributed by atoms with Crippen molar-refractivity contribution in [1.82, 2.24) is 4.98 Å². The highest BCUT2D eigenvalue weighted by molar-refractivity contribution is 6.00. The van der Waals surface area contributed by atoms with Gasteiger partial charge in [-0.3, -0.25) is 0 Å². The molecule has 0 amide bonds. The second-order valence-electron chi connectivity index (χ2n) is 3.40. The van der Waals surface area contributed by atoms with Gasteiger partial charge in [0.1, 0.15) is 5.52 Å². The number of nitrogens with zero attached hydrogens (tertiary/aromatic N) is 1. The Morgan fingerprint density at radius 3 is 2.61 bits per heavy atom. The first-order chi connectivity index (χ1) is 8.34. The third-order valence-corrected chi connectivity index (χ3v) is 2.21. The summed E-state index contributed by atoms with van der Waals surface area (Å²) in [6.07, 6.45) is -3.99. The Kier molecular flexibility index (Phi) is 2.72. The number of hydrogen-bond acceptors (Lipinski definition) is 3. The number of oxazole rings is 1. The van der Waals surface area contributed by atoms with Gasteiger partial charge in [0.2, 0.25) is 0 Å². The van der Waals surface area contributed by atoms with Crippen LogP contribution in [0.2, 0.25) is 0 Å². The molecule has 2 aromatic rings. The van der Waals surface area contributed by atoms with E-state index in [1.807, 2.05) is 0 Å². The Morgan fingerprint density at radius 2 is 2.06 bits per heavy atom. The Morgan fingerprint density at radius 1 is 1.39 bits per heavy atom. The SMILES string of the molecule is O=C(O)c1cccc2oc(C(F)(F)C(F)F)nc12. The minimum atomic E-state index is -4.56. The van der Waals surface area contributed by atoms with Crippen molar-refractivity contribution in [2.75, 3.05) is 0 Å². The quantitative estimate of drug-likeness (QED) is 0.865. The van der Waals surface area contributed by atoms with Gasteiger partial charge in [-0.25, -0.2) is 18.6 Å². The summed E-state index contributed by atoms with van der Waals surface area (Å²) in [6.45, 7) is 0. The summed E-state index contributed by atoms with van der Waals surface area (Å²) >= 11 is 0. The molecule has 2 rings (SSSR count). The number of benzene rings is 1. The van der Waals surface area contributed by atoms with Crippen LogP contribution in [0.25, 0.3) is 11.1 Å². The van der Waals surface area contributed by atoms with Crippen LogP contribution in [0.4, 0.5) is 17.6 Å². The average Bonchev–Trinajstić information content (AvgIpc) is 2.72. The van der Waals surface area contributed by atoms with Crippen LogP contribution in [-0.4, -0.2) is 22.5 Å². The lowest BCUT2D eigenvalue weighted by Gasteiger charge is -2.09. The molecular formula is C10H5F4NO3. The summed E-state index contributed by atoms with van der Waals surface area (Å²) in [7, 11) is 0. The maximum Gasteiger partial charge on any atom is 0.381 e. The number of aromatic carboxylic acids is 1. The second kappa shape index (κ2) is 3.97. The molecule has 1 aromatic heterocycles. The van der Waals surface area contributed by atoms with Gasteiger partial charge in [-0.2, -0.15) is 8.78 Å². The summed E-state index contributed by atoms with van der Waals surface area (Å²) in [4.78, 5) is 13.9. The van der Waals surface area contributed by atoms with E-state index < -0.39 is 29.8 Å². The number of carboxylic acids is 1. The van der Waals surface area contributed by atoms with Gasteiger partial charge in [-0.15, -0.1) is 0 Å². The number of para-hydroxylation sites is 1. The predicted molar refractivity (Wildman–Crippen MR) is 50.9 cm³/mol. The lowest BCUT2D eigenvalue weighted by Crippen LogP contribution is -2.23. The van der Waals surface area contributed by atoms with Crippen LogP contribution < -0.4 is 0 Å². The van der Waals surface area contributed by atoms with Crippen LogP contribution in [0.1, 0.15) is 16.2 Å². The van der Waals surface area contributed by atoms with E-state index in [2.05, 4.69) is 9.40 Å². The van der Waals surface area contributed by atoms with Crippen LogP contribution in [-0.2, 0) is 5.92 Å². The zero-order valence-electron chi connectivity index (χ0n) is 8.53. The van der Waals surface area contributed by atoms with Crippen molar-refractivity contribution in [3.8, 4) is 0 Å². The van der Waals surface area contributed by atoms with Crippen molar-refractivity contribution in [3.63, 3.8) is 0 Å². The number of alkyl halides is 4. The lowest BCUT2D eigenvalue weighted by atomic mass is 10.2. The Labute approximate surface area is 96.8 Å². The first-order valence-corrected chi connectivity index (χ1v) is 4.63. The first kappa shape index (κ1) is 12.3. The van der Waals surface area contributed by atoms with E-state index in [1.165, 1.54) is 12.1 Å². The highest BCUT2D eigenvalue weighted by Crippen LogP contribution is 2.36. The maximum absolute atomic E-state index is 13.0. The number of halogens is 4. The average molecular weight is 263 g/mol. The van der Waals surface area contributed by atoms with E-state index in [-0.39, 0.29) is 11.1 Å². The summed E-state index contributed by atoms with van der Waals surface area (Å²) in [6, 6.07) is 3.51. The fourth-order valence-electron chi connectivity index (χ4n) is 1.36. The lowest BCUT2D eigenvalue weighted by molar-refractivity contribution is -0.150. The van der Waals surface area contributed by atoms with E-state index in [4.69, 9.17) is 5.11 Å². The Bertz CT molecular complexity index is 608. The molecule has 1 N–H and O–H groups in total. The molecular weight excluding hydrogens is 258 g/mol. The second-order valence-corrected chi connectivity index (χ2v) is 3.40. The van der Waals surface area contributed by atoms with Crippen LogP contribution in [0.15, 0.2) is 22.6 Å². The van der Waals surface area contributed by atoms with Gasteiger partial charge in [0.05, 0.1) is 5.56 Å². The van der Waals surface area contributed by atoms with Crippen molar-refractivity contribution in [2.24, 2.45) is 0 Å². The summed E-state index contributed by atoms with van der Waals surface area (Å²) < 4.78 is 54.7. The fourth-order valence-corrected chi connectivity index (χ4v) is 1.36. The molecule has 8 heteroatoms. The largest absolute Gasteiger partial charge is 0.478 e. The summed E-state index contributed by atoms with van der Waals surface area (Å²) in [5, 5.41) is 8.79. The molecule has 0 bridgehead atoms. The van der Waals surface area contributed by atoms with E-state index in [0.29, 0.717) is 0 Å². The van der Waals surface area contributed by atoms with E-state index >= 15 is 0 Å². The molecule has 4 nitrogen and oxygen atoms in total. The molecule has 18 heavy (non-hydrogen) atoms. The standard InChI is InChI=1S/C10H5F4NO3/c11-8(12)10(13,14)9-15-6-4(7(16)17)2-1-3-5(6)18-9/h1-3,8H,(H,16,17). The van der Waals surface area contributed by atoms with Gasteiger partial charge in [-0.05, 0) is 12.1 Å². The summed E-state index contributed by atoms with van der Waals surface area (Å²) in [5.41, 5.74) is -1.07. The van der Waals surface area contributed by atoms with Crippen LogP contribution in [0, 0.1) is 0 Å². The molecule has 0 aliphatic heterocycles. The fraction of sp³-hybridized carbons (Fsp3) is 0.200. The van der Waals surface area contributed by atoms with Crippen molar-refractivity contribution >= 4 is 17.1 Å². The third-order valence-electron chi connectivity index (χ3n) is 2.21. The minimum Gasteiger partial charge on any atom is -0.478 e. The monoisotopic (exact) mass is 263 g/mol. The van der Waals surface area contributed by atoms with Crippen molar-refractivity contribution in [1.29, 1.82) is 0 Å². The number of hydrogen-bond donors (Lipinski definition) is 1. The smallest absolute Gasteiger partial charge is 0.381 e. The normalized spacial score (nSPS) is 12.3. The summed E-state index contributed by atoms with van der Waals surface area (Å²) in [5.74, 6) is -7.48. The number of fused-ring (bicyclic) bond motifs is 1. The van der Waals surface area contributed by atoms with Crippen molar-refractivity contribution in [2.45, 2.75) is 12.3 Å². The van der Waals surface area contributed by atoms with E-state index in [9.17, 15) is 22.4 Å². The topological polar surface area (TPSA) is 63.3 Å². The third kappa shape index (κ3) is 1.79. The first-order valence-electron chi connectivity index (χ1n) is 4.63. The zero-order valence-corrected chi connectivity index (χ0v) is 8.53. The van der Waals surface area contributed by atoms with Gasteiger partial charge < -0.3 is 9.52 Å². The molecule has 1 heterocycles. The van der Waals surface area contributed by atoms with Crippen molar-refractivity contribution in [3.05, 3.63) is 29.7 Å². The van der Waals surface area contributed by atoms with Gasteiger partial charge in [0.15, 0.2) is 5.58 Å².